The molecule has 1 aliphatic rings. The molecule has 1 aromatic carbocycles. The lowest BCUT2D eigenvalue weighted by atomic mass is 9.80. The second-order valence-corrected chi connectivity index (χ2v) is 4.51. The highest BCUT2D eigenvalue weighted by molar-refractivity contribution is 5.83. The average Bonchev–Trinajstić information content (AvgIpc) is 2.66. The average molecular weight is 232 g/mol. The maximum atomic E-state index is 11.3. The second-order valence-electron chi connectivity index (χ2n) is 4.51. The van der Waals surface area contributed by atoms with Crippen LogP contribution in [0.25, 0.3) is 11.0 Å². The number of benzene rings is 1. The van der Waals surface area contributed by atoms with Gasteiger partial charge in [0.15, 0.2) is 0 Å². The standard InChI is InChI=1S/C13H12O4/c14-12(15)13(7-16-8-13)5-9-6-17-11-4-2-1-3-10(9)11/h1-4,6H,5,7-8H2,(H,14,15). The van der Waals surface area contributed by atoms with Crippen LogP contribution in [-0.2, 0) is 16.0 Å². The van der Waals surface area contributed by atoms with Crippen molar-refractivity contribution in [1.82, 2.24) is 0 Å². The molecule has 1 aromatic heterocycles. The van der Waals surface area contributed by atoms with E-state index >= 15 is 0 Å². The number of hydrogen-bond donors (Lipinski definition) is 1. The van der Waals surface area contributed by atoms with Crippen molar-refractivity contribution >= 4 is 16.9 Å². The van der Waals surface area contributed by atoms with Crippen molar-refractivity contribution in [3.05, 3.63) is 36.1 Å². The first-order chi connectivity index (χ1) is 8.21. The lowest BCUT2D eigenvalue weighted by molar-refractivity contribution is -0.179. The minimum atomic E-state index is -0.797. The van der Waals surface area contributed by atoms with E-state index in [-0.39, 0.29) is 13.2 Å². The minimum Gasteiger partial charge on any atom is -0.481 e. The summed E-state index contributed by atoms with van der Waals surface area (Å²) < 4.78 is 10.5. The molecule has 0 atom stereocenters. The van der Waals surface area contributed by atoms with E-state index in [1.165, 1.54) is 0 Å². The van der Waals surface area contributed by atoms with Gasteiger partial charge in [0, 0.05) is 5.39 Å². The summed E-state index contributed by atoms with van der Waals surface area (Å²) in [4.78, 5) is 11.3. The Labute approximate surface area is 97.8 Å². The number of para-hydroxylation sites is 1. The topological polar surface area (TPSA) is 59.7 Å². The SMILES string of the molecule is O=C(O)C1(Cc2coc3ccccc23)COC1. The number of carbonyl (C=O) groups is 1. The molecule has 1 saturated heterocycles. The fourth-order valence-electron chi connectivity index (χ4n) is 2.18. The largest absolute Gasteiger partial charge is 0.481 e. The molecule has 0 saturated carbocycles. The number of rotatable bonds is 3. The third-order valence-corrected chi connectivity index (χ3v) is 3.30. The van der Waals surface area contributed by atoms with Gasteiger partial charge in [0.1, 0.15) is 11.0 Å². The summed E-state index contributed by atoms with van der Waals surface area (Å²) in [5.74, 6) is -0.797. The fraction of sp³-hybridized carbons (Fsp3) is 0.308. The maximum Gasteiger partial charge on any atom is 0.314 e. The Bertz CT molecular complexity index is 566. The highest BCUT2D eigenvalue weighted by Gasteiger charge is 2.46. The van der Waals surface area contributed by atoms with Crippen LogP contribution in [-0.4, -0.2) is 24.3 Å². The van der Waals surface area contributed by atoms with Crippen molar-refractivity contribution in [1.29, 1.82) is 0 Å². The van der Waals surface area contributed by atoms with E-state index in [4.69, 9.17) is 9.15 Å². The summed E-state index contributed by atoms with van der Waals surface area (Å²) >= 11 is 0. The molecular formula is C13H12O4. The van der Waals surface area contributed by atoms with Gasteiger partial charge in [-0.15, -0.1) is 0 Å². The van der Waals surface area contributed by atoms with Gasteiger partial charge in [-0.2, -0.15) is 0 Å². The highest BCUT2D eigenvalue weighted by atomic mass is 16.5. The summed E-state index contributed by atoms with van der Waals surface area (Å²) in [5.41, 5.74) is 0.960. The molecular weight excluding hydrogens is 220 g/mol. The second kappa shape index (κ2) is 3.60. The molecule has 4 nitrogen and oxygen atoms in total. The van der Waals surface area contributed by atoms with Gasteiger partial charge in [-0.1, -0.05) is 18.2 Å². The van der Waals surface area contributed by atoms with Crippen LogP contribution in [0.1, 0.15) is 5.56 Å². The summed E-state index contributed by atoms with van der Waals surface area (Å²) in [6, 6.07) is 7.65. The zero-order valence-electron chi connectivity index (χ0n) is 9.18. The Hall–Kier alpha value is -1.81. The van der Waals surface area contributed by atoms with Crippen LogP contribution >= 0.6 is 0 Å². The lowest BCUT2D eigenvalue weighted by Gasteiger charge is -2.37. The molecule has 0 spiro atoms. The third kappa shape index (κ3) is 1.52. The first kappa shape index (κ1) is 10.4. The molecule has 2 aromatic rings. The molecule has 0 amide bonds. The normalized spacial score (nSPS) is 17.9. The van der Waals surface area contributed by atoms with Crippen molar-refractivity contribution in [2.45, 2.75) is 6.42 Å². The maximum absolute atomic E-state index is 11.3. The zero-order valence-corrected chi connectivity index (χ0v) is 9.18. The van der Waals surface area contributed by atoms with Gasteiger partial charge in [0.05, 0.1) is 19.5 Å². The summed E-state index contributed by atoms with van der Waals surface area (Å²) in [7, 11) is 0. The van der Waals surface area contributed by atoms with Crippen LogP contribution in [0.3, 0.4) is 0 Å². The Balaban J connectivity index is 1.97. The van der Waals surface area contributed by atoms with Gasteiger partial charge in [-0.3, -0.25) is 4.79 Å². The van der Waals surface area contributed by atoms with Crippen LogP contribution in [0.15, 0.2) is 34.9 Å². The lowest BCUT2D eigenvalue weighted by Crippen LogP contribution is -2.50. The molecule has 1 aliphatic heterocycles. The van der Waals surface area contributed by atoms with Crippen molar-refractivity contribution in [3.63, 3.8) is 0 Å². The first-order valence-electron chi connectivity index (χ1n) is 5.48. The van der Waals surface area contributed by atoms with Gasteiger partial charge in [-0.05, 0) is 18.1 Å². The van der Waals surface area contributed by atoms with E-state index in [1.807, 2.05) is 24.3 Å². The van der Waals surface area contributed by atoms with E-state index in [0.717, 1.165) is 16.5 Å². The van der Waals surface area contributed by atoms with Gasteiger partial charge < -0.3 is 14.3 Å². The molecule has 1 fully saturated rings. The van der Waals surface area contributed by atoms with E-state index < -0.39 is 11.4 Å². The molecule has 0 radical (unpaired) electrons. The van der Waals surface area contributed by atoms with Crippen LogP contribution in [0.2, 0.25) is 0 Å². The quantitative estimate of drug-likeness (QED) is 0.880. The molecule has 1 N–H and O–H groups in total. The Morgan fingerprint density at radius 3 is 2.76 bits per heavy atom. The molecule has 4 heteroatoms. The Morgan fingerprint density at radius 2 is 2.12 bits per heavy atom. The number of carboxylic acids is 1. The van der Waals surface area contributed by atoms with Crippen molar-refractivity contribution in [2.24, 2.45) is 5.41 Å². The van der Waals surface area contributed by atoms with Crippen molar-refractivity contribution in [2.75, 3.05) is 13.2 Å². The van der Waals surface area contributed by atoms with Gasteiger partial charge >= 0.3 is 5.97 Å². The molecule has 3 rings (SSSR count). The van der Waals surface area contributed by atoms with Gasteiger partial charge in [0.25, 0.3) is 0 Å². The number of hydrogen-bond acceptors (Lipinski definition) is 3. The molecule has 0 bridgehead atoms. The minimum absolute atomic E-state index is 0.280. The highest BCUT2D eigenvalue weighted by Crippen LogP contribution is 2.35. The number of aliphatic carboxylic acids is 1. The smallest absolute Gasteiger partial charge is 0.314 e. The predicted molar refractivity (Wildman–Crippen MR) is 60.8 cm³/mol. The van der Waals surface area contributed by atoms with Crippen LogP contribution in [0.4, 0.5) is 0 Å². The summed E-state index contributed by atoms with van der Waals surface area (Å²) in [5, 5.41) is 10.2. The molecule has 2 heterocycles. The zero-order chi connectivity index (χ0) is 11.9. The predicted octanol–water partition coefficient (Wildman–Crippen LogP) is 2.08. The first-order valence-corrected chi connectivity index (χ1v) is 5.48. The number of furan rings is 1. The molecule has 17 heavy (non-hydrogen) atoms. The van der Waals surface area contributed by atoms with E-state index in [9.17, 15) is 9.90 Å². The third-order valence-electron chi connectivity index (χ3n) is 3.30. The number of carboxylic acid groups (broad SMARTS) is 1. The molecule has 0 aliphatic carbocycles. The fourth-order valence-corrected chi connectivity index (χ4v) is 2.18. The monoisotopic (exact) mass is 232 g/mol. The van der Waals surface area contributed by atoms with Crippen LogP contribution < -0.4 is 0 Å². The van der Waals surface area contributed by atoms with Crippen molar-refractivity contribution in [3.8, 4) is 0 Å². The molecule has 88 valence electrons. The van der Waals surface area contributed by atoms with Gasteiger partial charge in [0.2, 0.25) is 0 Å². The van der Waals surface area contributed by atoms with E-state index in [1.54, 1.807) is 6.26 Å². The Kier molecular flexibility index (Phi) is 2.19. The van der Waals surface area contributed by atoms with Crippen LogP contribution in [0, 0.1) is 5.41 Å². The summed E-state index contributed by atoms with van der Waals surface area (Å²) in [6.07, 6.45) is 2.10. The number of fused-ring (bicyclic) bond motifs is 1. The molecule has 0 unspecified atom stereocenters. The van der Waals surface area contributed by atoms with E-state index in [2.05, 4.69) is 0 Å². The van der Waals surface area contributed by atoms with Gasteiger partial charge in [-0.25, -0.2) is 0 Å². The number of ether oxygens (including phenoxy) is 1. The summed E-state index contributed by atoms with van der Waals surface area (Å²) in [6.45, 7) is 0.559. The van der Waals surface area contributed by atoms with Crippen molar-refractivity contribution < 1.29 is 19.1 Å². The Morgan fingerprint density at radius 1 is 1.35 bits per heavy atom. The van der Waals surface area contributed by atoms with E-state index in [0.29, 0.717) is 6.42 Å². The van der Waals surface area contributed by atoms with Crippen LogP contribution in [0.5, 0.6) is 0 Å².